The first kappa shape index (κ1) is 21.6. The van der Waals surface area contributed by atoms with Crippen LogP contribution in [0.4, 0.5) is 10.5 Å². The number of carbonyl (C=O) groups is 2. The molecular weight excluding hydrogens is 426 g/mol. The molecule has 0 radical (unpaired) electrons. The van der Waals surface area contributed by atoms with Crippen LogP contribution in [0.1, 0.15) is 16.7 Å². The Kier molecular flexibility index (Phi) is 6.00. The molecule has 4 rings (SSSR count). The second-order valence-corrected chi connectivity index (χ2v) is 8.42. The zero-order valence-electron chi connectivity index (χ0n) is 18.2. The van der Waals surface area contributed by atoms with Gasteiger partial charge in [0.1, 0.15) is 5.75 Å². The summed E-state index contributed by atoms with van der Waals surface area (Å²) in [4.78, 5) is 24.5. The normalized spacial score (nSPS) is 11.0. The van der Waals surface area contributed by atoms with Gasteiger partial charge in [0.15, 0.2) is 10.8 Å². The Balaban J connectivity index is 1.48. The minimum atomic E-state index is -0.573. The van der Waals surface area contributed by atoms with Crippen molar-refractivity contribution >= 4 is 45.9 Å². The lowest BCUT2D eigenvalue weighted by atomic mass is 10.1. The molecule has 32 heavy (non-hydrogen) atoms. The second kappa shape index (κ2) is 8.88. The number of rotatable bonds is 5. The Morgan fingerprint density at radius 1 is 1.00 bits per heavy atom. The quantitative estimate of drug-likeness (QED) is 0.442. The molecule has 9 heteroatoms. The highest BCUT2D eigenvalue weighted by molar-refractivity contribution is 7.99. The van der Waals surface area contributed by atoms with E-state index < -0.39 is 11.9 Å². The number of aromatic nitrogens is 3. The first-order chi connectivity index (χ1) is 15.4. The first-order valence-electron chi connectivity index (χ1n) is 9.99. The summed E-state index contributed by atoms with van der Waals surface area (Å²) in [6.45, 7) is 5.97. The van der Waals surface area contributed by atoms with E-state index in [1.807, 2.05) is 61.6 Å². The average Bonchev–Trinajstić information content (AvgIpc) is 3.17. The van der Waals surface area contributed by atoms with Crippen molar-refractivity contribution < 1.29 is 14.3 Å². The molecule has 2 N–H and O–H groups in total. The number of methoxy groups -OCH3 is 1. The Labute approximate surface area is 189 Å². The third kappa shape index (κ3) is 4.38. The summed E-state index contributed by atoms with van der Waals surface area (Å²) in [5, 5.41) is 15.1. The number of nitrogens with zero attached hydrogens (tertiary/aromatic N) is 3. The minimum absolute atomic E-state index is 0.0144. The molecule has 2 heterocycles. The van der Waals surface area contributed by atoms with Gasteiger partial charge in [-0.2, -0.15) is 0 Å². The number of carbonyl (C=O) groups excluding carboxylic acids is 2. The number of benzene rings is 2. The lowest BCUT2D eigenvalue weighted by Crippen LogP contribution is -2.35. The molecule has 0 spiro atoms. The van der Waals surface area contributed by atoms with Crippen molar-refractivity contribution in [1.82, 2.24) is 19.9 Å². The highest BCUT2D eigenvalue weighted by Crippen LogP contribution is 2.28. The van der Waals surface area contributed by atoms with Crippen LogP contribution in [0.25, 0.3) is 16.6 Å². The lowest BCUT2D eigenvalue weighted by molar-refractivity contribution is -0.117. The van der Waals surface area contributed by atoms with E-state index in [-0.39, 0.29) is 5.75 Å². The van der Waals surface area contributed by atoms with Gasteiger partial charge in [0.2, 0.25) is 5.91 Å². The highest BCUT2D eigenvalue weighted by Gasteiger charge is 2.15. The number of hydrogen-bond acceptors (Lipinski definition) is 6. The molecule has 0 saturated carbocycles. The third-order valence-corrected chi connectivity index (χ3v) is 6.15. The van der Waals surface area contributed by atoms with E-state index in [0.717, 1.165) is 33.3 Å². The standard InChI is InChI=1S/C23H23N5O3S/c1-13-5-6-16(9-14(13)2)24-22(30)25-21(29)12-32-23-27-26-20-10-15(3)18-8-7-17(31-4)11-19(18)28(20)23/h5-11H,12H2,1-4H3,(H2,24,25,29,30). The third-order valence-electron chi connectivity index (χ3n) is 5.22. The average molecular weight is 450 g/mol. The minimum Gasteiger partial charge on any atom is -0.497 e. The van der Waals surface area contributed by atoms with Crippen molar-refractivity contribution in [2.24, 2.45) is 0 Å². The number of aryl methyl sites for hydroxylation is 3. The molecule has 3 amide bonds. The van der Waals surface area contributed by atoms with E-state index in [1.54, 1.807) is 13.2 Å². The van der Waals surface area contributed by atoms with Crippen molar-refractivity contribution in [3.63, 3.8) is 0 Å². The number of hydrogen-bond donors (Lipinski definition) is 2. The number of anilines is 1. The van der Waals surface area contributed by atoms with Crippen molar-refractivity contribution in [3.05, 3.63) is 59.2 Å². The summed E-state index contributed by atoms with van der Waals surface area (Å²) < 4.78 is 7.25. The SMILES string of the molecule is COc1ccc2c(C)cc3nnc(SCC(=O)NC(=O)Nc4ccc(C)c(C)c4)n3c2c1. The molecule has 0 aliphatic carbocycles. The Hall–Kier alpha value is -3.59. The maximum Gasteiger partial charge on any atom is 0.325 e. The van der Waals surface area contributed by atoms with E-state index in [0.29, 0.717) is 16.5 Å². The van der Waals surface area contributed by atoms with Crippen molar-refractivity contribution in [1.29, 1.82) is 0 Å². The van der Waals surface area contributed by atoms with Gasteiger partial charge in [-0.1, -0.05) is 17.8 Å². The molecule has 0 saturated heterocycles. The van der Waals surface area contributed by atoms with Gasteiger partial charge in [0.25, 0.3) is 0 Å². The monoisotopic (exact) mass is 449 g/mol. The molecule has 0 unspecified atom stereocenters. The van der Waals surface area contributed by atoms with E-state index in [9.17, 15) is 9.59 Å². The van der Waals surface area contributed by atoms with Crippen LogP contribution in [-0.4, -0.2) is 39.4 Å². The molecule has 0 atom stereocenters. The molecule has 164 valence electrons. The van der Waals surface area contributed by atoms with Crippen LogP contribution in [0.3, 0.4) is 0 Å². The van der Waals surface area contributed by atoms with Gasteiger partial charge in [-0.3, -0.25) is 14.5 Å². The Morgan fingerprint density at radius 3 is 2.56 bits per heavy atom. The molecule has 0 aliphatic rings. The number of imide groups is 1. The zero-order valence-corrected chi connectivity index (χ0v) is 19.0. The van der Waals surface area contributed by atoms with Crippen LogP contribution in [-0.2, 0) is 4.79 Å². The number of fused-ring (bicyclic) bond motifs is 3. The maximum atomic E-state index is 12.3. The largest absolute Gasteiger partial charge is 0.497 e. The Morgan fingerprint density at radius 2 is 1.81 bits per heavy atom. The number of amides is 3. The fourth-order valence-corrected chi connectivity index (χ4v) is 4.15. The molecule has 8 nitrogen and oxygen atoms in total. The number of ether oxygens (including phenoxy) is 1. The zero-order chi connectivity index (χ0) is 22.8. The molecule has 0 fully saturated rings. The number of nitrogens with one attached hydrogen (secondary N) is 2. The van der Waals surface area contributed by atoms with Crippen LogP contribution in [0, 0.1) is 20.8 Å². The maximum absolute atomic E-state index is 12.3. The smallest absolute Gasteiger partial charge is 0.325 e. The van der Waals surface area contributed by atoms with Gasteiger partial charge in [-0.05, 0) is 67.8 Å². The van der Waals surface area contributed by atoms with Crippen LogP contribution >= 0.6 is 11.8 Å². The fraction of sp³-hybridized carbons (Fsp3) is 0.217. The summed E-state index contributed by atoms with van der Waals surface area (Å²) in [5.74, 6) is 0.303. The highest BCUT2D eigenvalue weighted by atomic mass is 32.2. The summed E-state index contributed by atoms with van der Waals surface area (Å²) in [5.41, 5.74) is 5.45. The number of pyridine rings is 1. The van der Waals surface area contributed by atoms with Crippen molar-refractivity contribution in [2.45, 2.75) is 25.9 Å². The van der Waals surface area contributed by atoms with Crippen LogP contribution < -0.4 is 15.4 Å². The van der Waals surface area contributed by atoms with Crippen LogP contribution in [0.2, 0.25) is 0 Å². The number of urea groups is 1. The molecule has 4 aromatic rings. The van der Waals surface area contributed by atoms with Gasteiger partial charge in [-0.25, -0.2) is 4.79 Å². The van der Waals surface area contributed by atoms with E-state index in [1.165, 1.54) is 11.8 Å². The molecule has 2 aromatic carbocycles. The topological polar surface area (TPSA) is 97.6 Å². The predicted octanol–water partition coefficient (Wildman–Crippen LogP) is 4.26. The summed E-state index contributed by atoms with van der Waals surface area (Å²) in [6.07, 6.45) is 0. The van der Waals surface area contributed by atoms with Gasteiger partial charge < -0.3 is 10.1 Å². The fourth-order valence-electron chi connectivity index (χ4n) is 3.40. The molecule has 2 aromatic heterocycles. The molecular formula is C23H23N5O3S. The van der Waals surface area contributed by atoms with Crippen molar-refractivity contribution in [3.8, 4) is 5.75 Å². The van der Waals surface area contributed by atoms with Crippen LogP contribution in [0.15, 0.2) is 47.6 Å². The van der Waals surface area contributed by atoms with Crippen LogP contribution in [0.5, 0.6) is 5.75 Å². The lowest BCUT2D eigenvalue weighted by Gasteiger charge is -2.10. The molecule has 0 bridgehead atoms. The van der Waals surface area contributed by atoms with Gasteiger partial charge in [0.05, 0.1) is 18.4 Å². The van der Waals surface area contributed by atoms with Gasteiger partial charge in [-0.15, -0.1) is 10.2 Å². The first-order valence-corrected chi connectivity index (χ1v) is 11.0. The number of thioether (sulfide) groups is 1. The van der Waals surface area contributed by atoms with E-state index in [4.69, 9.17) is 4.74 Å². The summed E-state index contributed by atoms with van der Waals surface area (Å²) in [7, 11) is 1.61. The summed E-state index contributed by atoms with van der Waals surface area (Å²) >= 11 is 1.21. The van der Waals surface area contributed by atoms with E-state index in [2.05, 4.69) is 20.8 Å². The van der Waals surface area contributed by atoms with Gasteiger partial charge >= 0.3 is 6.03 Å². The Bertz CT molecular complexity index is 1350. The summed E-state index contributed by atoms with van der Waals surface area (Å²) in [6, 6.07) is 12.8. The predicted molar refractivity (Wildman–Crippen MR) is 126 cm³/mol. The molecule has 0 aliphatic heterocycles. The van der Waals surface area contributed by atoms with Crippen molar-refractivity contribution in [2.75, 3.05) is 18.2 Å². The second-order valence-electron chi connectivity index (χ2n) is 7.48. The van der Waals surface area contributed by atoms with E-state index >= 15 is 0 Å². The van der Waals surface area contributed by atoms with Gasteiger partial charge in [0, 0.05) is 17.1 Å².